The van der Waals surface area contributed by atoms with E-state index >= 15 is 0 Å². The van der Waals surface area contributed by atoms with Gasteiger partial charge in [-0.05, 0) is 36.4 Å². The minimum Gasteiger partial charge on any atom is -0.403 e. The minimum absolute atomic E-state index is 0.328. The van der Waals surface area contributed by atoms with Crippen molar-refractivity contribution >= 4 is 23.3 Å². The monoisotopic (exact) mass is 272 g/mol. The van der Waals surface area contributed by atoms with Gasteiger partial charge in [0.05, 0.1) is 0 Å². The summed E-state index contributed by atoms with van der Waals surface area (Å²) < 4.78 is 5.51. The van der Waals surface area contributed by atoms with Gasteiger partial charge in [0.2, 0.25) is 5.89 Å². The van der Waals surface area contributed by atoms with E-state index in [1.54, 1.807) is 36.7 Å². The Labute approximate surface area is 114 Å². The van der Waals surface area contributed by atoms with Crippen LogP contribution in [-0.4, -0.2) is 15.2 Å². The van der Waals surface area contributed by atoms with Crippen molar-refractivity contribution in [1.82, 2.24) is 15.2 Å². The number of anilines is 2. The summed E-state index contributed by atoms with van der Waals surface area (Å²) in [5.41, 5.74) is 1.65. The molecule has 6 heteroatoms. The molecule has 0 aliphatic heterocycles. The normalized spacial score (nSPS) is 10.4. The maximum Gasteiger partial charge on any atom is 0.320 e. The molecule has 19 heavy (non-hydrogen) atoms. The van der Waals surface area contributed by atoms with Crippen molar-refractivity contribution in [3.05, 3.63) is 53.8 Å². The fraction of sp³-hybridized carbons (Fsp3) is 0. The second kappa shape index (κ2) is 5.07. The molecule has 0 aliphatic rings. The summed E-state index contributed by atoms with van der Waals surface area (Å²) >= 11 is 5.81. The average Bonchev–Trinajstić information content (AvgIpc) is 2.91. The minimum atomic E-state index is 0.328. The Balaban J connectivity index is 1.80. The third-order valence-electron chi connectivity index (χ3n) is 2.45. The van der Waals surface area contributed by atoms with Crippen molar-refractivity contribution in [2.45, 2.75) is 0 Å². The number of hydrogen-bond acceptors (Lipinski definition) is 5. The standard InChI is InChI=1S/C13H9ClN4O/c14-10-1-3-11(4-2-10)16-13-18-17-12(19-13)9-5-7-15-8-6-9/h1-8H,(H,16,18). The van der Waals surface area contributed by atoms with Crippen LogP contribution in [0.2, 0.25) is 5.02 Å². The molecule has 0 atom stereocenters. The highest BCUT2D eigenvalue weighted by atomic mass is 35.5. The molecule has 0 fully saturated rings. The average molecular weight is 273 g/mol. The molecular weight excluding hydrogens is 264 g/mol. The van der Waals surface area contributed by atoms with E-state index in [2.05, 4.69) is 20.5 Å². The van der Waals surface area contributed by atoms with Gasteiger partial charge in [0, 0.05) is 28.7 Å². The molecule has 3 rings (SSSR count). The molecule has 0 unspecified atom stereocenters. The first-order valence-electron chi connectivity index (χ1n) is 5.58. The number of nitrogens with one attached hydrogen (secondary N) is 1. The molecule has 0 saturated carbocycles. The van der Waals surface area contributed by atoms with Crippen LogP contribution in [0.1, 0.15) is 0 Å². The van der Waals surface area contributed by atoms with Gasteiger partial charge in [-0.3, -0.25) is 4.98 Å². The molecule has 1 N–H and O–H groups in total. The van der Waals surface area contributed by atoms with Gasteiger partial charge < -0.3 is 9.73 Å². The van der Waals surface area contributed by atoms with Crippen LogP contribution in [0.15, 0.2) is 53.2 Å². The summed E-state index contributed by atoms with van der Waals surface area (Å²) in [6.07, 6.45) is 3.34. The Morgan fingerprint density at radius 3 is 2.42 bits per heavy atom. The lowest BCUT2D eigenvalue weighted by Crippen LogP contribution is -1.89. The summed E-state index contributed by atoms with van der Waals surface area (Å²) in [7, 11) is 0. The molecule has 0 bridgehead atoms. The van der Waals surface area contributed by atoms with Gasteiger partial charge in [-0.15, -0.1) is 5.10 Å². The van der Waals surface area contributed by atoms with Crippen molar-refractivity contribution in [1.29, 1.82) is 0 Å². The molecule has 0 radical (unpaired) electrons. The highest BCUT2D eigenvalue weighted by molar-refractivity contribution is 6.30. The topological polar surface area (TPSA) is 63.8 Å². The second-order valence-corrected chi connectivity index (χ2v) is 4.22. The maximum atomic E-state index is 5.81. The first-order chi connectivity index (χ1) is 9.31. The van der Waals surface area contributed by atoms with Crippen LogP contribution in [0.25, 0.3) is 11.5 Å². The maximum absolute atomic E-state index is 5.81. The lowest BCUT2D eigenvalue weighted by Gasteiger charge is -2.00. The molecule has 0 spiro atoms. The van der Waals surface area contributed by atoms with E-state index in [4.69, 9.17) is 16.0 Å². The van der Waals surface area contributed by atoms with E-state index in [0.29, 0.717) is 16.9 Å². The smallest absolute Gasteiger partial charge is 0.320 e. The molecule has 1 aromatic carbocycles. The van der Waals surface area contributed by atoms with Gasteiger partial charge in [0.25, 0.3) is 0 Å². The van der Waals surface area contributed by atoms with Crippen LogP contribution < -0.4 is 5.32 Å². The fourth-order valence-corrected chi connectivity index (χ4v) is 1.67. The number of aromatic nitrogens is 3. The number of halogens is 1. The molecule has 0 aliphatic carbocycles. The summed E-state index contributed by atoms with van der Waals surface area (Å²) in [4.78, 5) is 3.94. The third-order valence-corrected chi connectivity index (χ3v) is 2.70. The Hall–Kier alpha value is -2.40. The van der Waals surface area contributed by atoms with E-state index < -0.39 is 0 Å². The number of rotatable bonds is 3. The van der Waals surface area contributed by atoms with Crippen LogP contribution in [0.5, 0.6) is 0 Å². The molecule has 0 saturated heterocycles. The van der Waals surface area contributed by atoms with E-state index in [0.717, 1.165) is 11.3 Å². The van der Waals surface area contributed by atoms with Crippen LogP contribution in [0.3, 0.4) is 0 Å². The summed E-state index contributed by atoms with van der Waals surface area (Å²) in [6, 6.07) is 11.2. The van der Waals surface area contributed by atoms with Crippen molar-refractivity contribution in [3.8, 4) is 11.5 Å². The second-order valence-electron chi connectivity index (χ2n) is 3.78. The van der Waals surface area contributed by atoms with Gasteiger partial charge in [-0.1, -0.05) is 16.7 Å². The summed E-state index contributed by atoms with van der Waals surface area (Å²) in [5.74, 6) is 0.443. The summed E-state index contributed by atoms with van der Waals surface area (Å²) in [6.45, 7) is 0. The molecule has 5 nitrogen and oxygen atoms in total. The van der Waals surface area contributed by atoms with Crippen LogP contribution in [0, 0.1) is 0 Å². The fourth-order valence-electron chi connectivity index (χ4n) is 1.54. The van der Waals surface area contributed by atoms with Gasteiger partial charge >= 0.3 is 6.01 Å². The Bertz CT molecular complexity index is 667. The predicted molar refractivity (Wildman–Crippen MR) is 72.3 cm³/mol. The molecule has 2 aromatic heterocycles. The van der Waals surface area contributed by atoms with Crippen LogP contribution in [0.4, 0.5) is 11.7 Å². The number of hydrogen-bond donors (Lipinski definition) is 1. The molecule has 0 amide bonds. The zero-order valence-corrected chi connectivity index (χ0v) is 10.5. The molecular formula is C13H9ClN4O. The van der Waals surface area contributed by atoms with Crippen LogP contribution in [-0.2, 0) is 0 Å². The zero-order chi connectivity index (χ0) is 13.1. The van der Waals surface area contributed by atoms with E-state index in [1.807, 2.05) is 12.1 Å². The van der Waals surface area contributed by atoms with Crippen LogP contribution >= 0.6 is 11.6 Å². The number of benzene rings is 1. The van der Waals surface area contributed by atoms with Gasteiger partial charge in [-0.2, -0.15) is 0 Å². The number of pyridine rings is 1. The molecule has 2 heterocycles. The van der Waals surface area contributed by atoms with Crippen molar-refractivity contribution in [3.63, 3.8) is 0 Å². The first kappa shape index (κ1) is 11.7. The molecule has 3 aromatic rings. The molecule has 94 valence electrons. The quantitative estimate of drug-likeness (QED) is 0.790. The lowest BCUT2D eigenvalue weighted by atomic mass is 10.3. The highest BCUT2D eigenvalue weighted by Crippen LogP contribution is 2.22. The Morgan fingerprint density at radius 1 is 0.947 bits per heavy atom. The van der Waals surface area contributed by atoms with E-state index in [1.165, 1.54) is 0 Å². The predicted octanol–water partition coefficient (Wildman–Crippen LogP) is 3.53. The SMILES string of the molecule is Clc1ccc(Nc2nnc(-c3ccncc3)o2)cc1. The Kier molecular flexibility index (Phi) is 3.12. The highest BCUT2D eigenvalue weighted by Gasteiger charge is 2.08. The largest absolute Gasteiger partial charge is 0.403 e. The van der Waals surface area contributed by atoms with Crippen molar-refractivity contribution in [2.75, 3.05) is 5.32 Å². The Morgan fingerprint density at radius 2 is 1.68 bits per heavy atom. The van der Waals surface area contributed by atoms with Gasteiger partial charge in [-0.25, -0.2) is 0 Å². The zero-order valence-electron chi connectivity index (χ0n) is 9.75. The number of nitrogens with zero attached hydrogens (tertiary/aromatic N) is 3. The van der Waals surface area contributed by atoms with E-state index in [-0.39, 0.29) is 0 Å². The third kappa shape index (κ3) is 2.71. The lowest BCUT2D eigenvalue weighted by molar-refractivity contribution is 0.587. The van der Waals surface area contributed by atoms with Crippen molar-refractivity contribution in [2.24, 2.45) is 0 Å². The first-order valence-corrected chi connectivity index (χ1v) is 5.95. The van der Waals surface area contributed by atoms with Crippen molar-refractivity contribution < 1.29 is 4.42 Å². The van der Waals surface area contributed by atoms with E-state index in [9.17, 15) is 0 Å². The van der Waals surface area contributed by atoms with Gasteiger partial charge in [0.1, 0.15) is 0 Å². The summed E-state index contributed by atoms with van der Waals surface area (Å²) in [5, 5.41) is 11.6. The van der Waals surface area contributed by atoms with Gasteiger partial charge in [0.15, 0.2) is 0 Å².